The summed E-state index contributed by atoms with van der Waals surface area (Å²) in [6, 6.07) is 31.6. The van der Waals surface area contributed by atoms with E-state index in [1.165, 1.54) is 28.4 Å². The number of likely N-dealkylation sites (tertiary alicyclic amines) is 2. The van der Waals surface area contributed by atoms with E-state index in [2.05, 4.69) is 140 Å². The average molecular weight is 2040 g/mol. The number of nitrogen functional groups attached to an aromatic ring is 1. The highest BCUT2D eigenvalue weighted by atomic mass is 28.3. The van der Waals surface area contributed by atoms with Crippen molar-refractivity contribution < 1.29 is 90.8 Å². The topological polar surface area (TPSA) is 414 Å². The first-order valence-electron chi connectivity index (χ1n) is 49.5. The van der Waals surface area contributed by atoms with E-state index in [-0.39, 0.29) is 110 Å². The smallest absolute Gasteiger partial charge is 0.425 e. The normalized spacial score (nSPS) is 18.7. The number of nitrogens with two attached hydrogens (primary N) is 1. The molecule has 2 aromatic carbocycles. The Morgan fingerprint density at radius 2 is 0.648 bits per heavy atom. The van der Waals surface area contributed by atoms with Crippen molar-refractivity contribution in [2.24, 2.45) is 23.7 Å². The number of aromatic nitrogens is 4. The van der Waals surface area contributed by atoms with Crippen LogP contribution in [-0.2, 0) is 78.1 Å². The number of hydrogen-bond acceptors (Lipinski definition) is 24. The van der Waals surface area contributed by atoms with Crippen LogP contribution in [-0.4, -0.2) is 195 Å². The van der Waals surface area contributed by atoms with Crippen LogP contribution in [0.2, 0.25) is 36.3 Å². The molecule has 0 radical (unpaired) electrons. The molecule has 145 heavy (non-hydrogen) atoms. The Bertz CT molecular complexity index is 5630. The van der Waals surface area contributed by atoms with Crippen LogP contribution in [0.4, 0.5) is 61.6 Å². The van der Waals surface area contributed by atoms with E-state index in [0.717, 1.165) is 48.9 Å². The van der Waals surface area contributed by atoms with Crippen molar-refractivity contribution in [2.45, 2.75) is 391 Å². The Hall–Kier alpha value is -12.2. The molecular weight excluding hydrogens is 1880 g/mol. The minimum Gasteiger partial charge on any atom is -0.443 e. The number of nitrogens with zero attached hydrogens (tertiary/aromatic N) is 11. The number of nitrogens with one attached hydrogen (secondary N) is 3. The SMILES string of the molecule is CC(C)(C)OC(=O)N(C(=O)OC(C)(C)C)c1cc(CC2C(=O)N([Si](C)(C)C(C)(C)C)C2(C)C)ccn1.CC(C)(C)OC(=O)N(C(=O)OC(C)(C)C)c1cc(CC2C(=O)NC2(C)C)ccn1.CC1(C)CC(=O)N1[Si](C)(C)C(C)(C)C.C[C@@H](NC(=O)N1C(=O)C(Cc2ccnc(N(C(=O)OC(C)(C)C)C(=O)OC(C)(C)C)c2)C1(C)C)c1ccccc1.C[C@@H](NC(=O)N1C(=O)C(Cc2ccnc(N)c2)C1(C)C)c1ccccc1. The highest BCUT2D eigenvalue weighted by molar-refractivity contribution is 6.80. The Morgan fingerprint density at radius 1 is 0.386 bits per heavy atom. The lowest BCUT2D eigenvalue weighted by molar-refractivity contribution is -0.159. The molecule has 34 nitrogen and oxygen atoms in total. The molecule has 5 saturated heterocycles. The van der Waals surface area contributed by atoms with Crippen molar-refractivity contribution in [3.05, 3.63) is 167 Å². The second kappa shape index (κ2) is 44.2. The van der Waals surface area contributed by atoms with Gasteiger partial charge < -0.3 is 59.2 Å². The highest BCUT2D eigenvalue weighted by Crippen LogP contribution is 2.52. The molecule has 796 valence electrons. The molecule has 11 rings (SSSR count). The molecule has 5 aliphatic rings. The summed E-state index contributed by atoms with van der Waals surface area (Å²) < 4.78 is 36.9. The summed E-state index contributed by atoms with van der Waals surface area (Å²) in [6.07, 6.45) is 3.24. The quantitative estimate of drug-likeness (QED) is 0.0374. The number of imide groups is 5. The van der Waals surface area contributed by atoms with Gasteiger partial charge in [0.15, 0.2) is 16.5 Å². The van der Waals surface area contributed by atoms with E-state index in [1.54, 1.807) is 167 Å². The van der Waals surface area contributed by atoms with Crippen molar-refractivity contribution in [1.82, 2.24) is 54.8 Å². The zero-order valence-corrected chi connectivity index (χ0v) is 95.5. The summed E-state index contributed by atoms with van der Waals surface area (Å²) in [7, 11) is -3.68. The number of pyridine rings is 4. The monoisotopic (exact) mass is 2040 g/mol. The van der Waals surface area contributed by atoms with Gasteiger partial charge in [0.05, 0.1) is 46.8 Å². The molecule has 0 aliphatic carbocycles. The van der Waals surface area contributed by atoms with E-state index in [9.17, 15) is 62.3 Å². The number of rotatable bonds is 17. The first-order chi connectivity index (χ1) is 65.8. The van der Waals surface area contributed by atoms with Gasteiger partial charge in [-0.05, 0) is 325 Å². The van der Waals surface area contributed by atoms with Crippen LogP contribution in [0.15, 0.2) is 134 Å². The lowest BCUT2D eigenvalue weighted by Crippen LogP contribution is -2.77. The molecule has 0 bridgehead atoms. The summed E-state index contributed by atoms with van der Waals surface area (Å²) in [5.74, 6) is -0.542. The summed E-state index contributed by atoms with van der Waals surface area (Å²) in [6.45, 7) is 76.9. The standard InChI is InChI=1S/C30H40N4O6.C27H45N3O5Si.C21H31N3O5.C20H24N4O2.C11H23NOSi/c1-19(21-13-11-10-12-14-21)32-25(36)34-24(35)22(30(34,8)9)17-20-15-16-31-23(18-20)33(26(37)39-28(2,3)4)27(38)40-29(5,6)7;1-24(2,3)34-22(32)29(23(33)35-25(4,5)6)20-17-18(14-15-28-20)16-19-21(31)30(27(19,10)11)36(12,13)26(7,8)9;1-19(2,3)28-17(26)24(18(27)29-20(4,5)6)15-12-13(9-10-22-15)11-14-16(25)23-21(14,7)8;1-13(15-7-5-4-6-8-15)23-19(26)24-18(25)16(20(24,2)3)11-14-9-10-22-17(21)12-14;1-10(2,3)14(6,7)12-9(13)8-11(12,4)5/h10-16,18-19,22H,17H2,1-9H3,(H,32,36);14-15,17,19H,16H2,1-13H3;9-10,12,14H,11H2,1-8H3,(H,23,25);4-10,12-13,16H,11H2,1-3H3,(H2,21,22)(H,23,26);8H2,1-7H3/t19-,22?;;;13-,16?;/m1..1./s1. The van der Waals surface area contributed by atoms with E-state index in [0.29, 0.717) is 36.6 Å². The summed E-state index contributed by atoms with van der Waals surface area (Å²) in [5.41, 5.74) is 4.02. The van der Waals surface area contributed by atoms with Crippen LogP contribution in [0.25, 0.3) is 0 Å². The zero-order chi connectivity index (χ0) is 111. The van der Waals surface area contributed by atoms with Gasteiger partial charge in [-0.2, -0.15) is 14.7 Å². The van der Waals surface area contributed by atoms with Gasteiger partial charge in [0, 0.05) is 47.8 Å². The van der Waals surface area contributed by atoms with E-state index < -0.39 is 110 Å². The molecule has 5 fully saturated rings. The number of benzene rings is 2. The molecule has 0 saturated carbocycles. The fourth-order valence-corrected chi connectivity index (χ4v) is 23.2. The molecular formula is C109H163N15O19Si2. The largest absolute Gasteiger partial charge is 0.443 e. The number of carbonyl (C=O) groups excluding carboxylic acids is 13. The molecule has 6 aromatic rings. The van der Waals surface area contributed by atoms with Crippen LogP contribution in [0.1, 0.15) is 301 Å². The first kappa shape index (κ1) is 120. The van der Waals surface area contributed by atoms with E-state index >= 15 is 0 Å². The maximum Gasteiger partial charge on any atom is 0.425 e. The van der Waals surface area contributed by atoms with Gasteiger partial charge in [-0.25, -0.2) is 58.3 Å². The first-order valence-corrected chi connectivity index (χ1v) is 55.4. The fraction of sp³-hybridized carbons (Fsp3) is 0.587. The number of urea groups is 2. The lowest BCUT2D eigenvalue weighted by atomic mass is 9.73. The predicted molar refractivity (Wildman–Crippen MR) is 567 cm³/mol. The fourth-order valence-electron chi connectivity index (χ4n) is 17.3. The third kappa shape index (κ3) is 30.5. The van der Waals surface area contributed by atoms with Gasteiger partial charge in [-0.3, -0.25) is 33.8 Å². The molecule has 5 N–H and O–H groups in total. The maximum atomic E-state index is 13.4. The number of anilines is 4. The Balaban J connectivity index is 0.000000253. The minimum atomic E-state index is -2.04. The van der Waals surface area contributed by atoms with Gasteiger partial charge >= 0.3 is 48.6 Å². The van der Waals surface area contributed by atoms with E-state index in [4.69, 9.17) is 34.2 Å². The second-order valence-corrected chi connectivity index (χ2v) is 59.9. The molecule has 4 aromatic heterocycles. The van der Waals surface area contributed by atoms with Gasteiger partial charge in [-0.15, -0.1) is 0 Å². The zero-order valence-electron chi connectivity index (χ0n) is 93.5. The van der Waals surface area contributed by atoms with E-state index in [1.807, 2.05) is 128 Å². The highest BCUT2D eigenvalue weighted by Gasteiger charge is 2.63. The van der Waals surface area contributed by atoms with Crippen molar-refractivity contribution >= 4 is 118 Å². The summed E-state index contributed by atoms with van der Waals surface area (Å²) in [5, 5.41) is 8.97. The Labute approximate surface area is 861 Å². The van der Waals surface area contributed by atoms with Crippen molar-refractivity contribution in [3.63, 3.8) is 0 Å². The number of amides is 15. The molecule has 36 heteroatoms. The van der Waals surface area contributed by atoms with Crippen molar-refractivity contribution in [2.75, 3.05) is 20.4 Å². The van der Waals surface area contributed by atoms with Gasteiger partial charge in [0.1, 0.15) is 56.9 Å². The van der Waals surface area contributed by atoms with Crippen LogP contribution in [0.5, 0.6) is 0 Å². The number of β-lactam (4-membered cyclic amide) rings is 5. The van der Waals surface area contributed by atoms with Crippen molar-refractivity contribution in [3.8, 4) is 0 Å². The van der Waals surface area contributed by atoms with Crippen LogP contribution < -0.4 is 36.4 Å². The van der Waals surface area contributed by atoms with Gasteiger partial charge in [-0.1, -0.05) is 128 Å². The number of hydrogen-bond donors (Lipinski definition) is 4. The van der Waals surface area contributed by atoms with Gasteiger partial charge in [0.2, 0.25) is 29.5 Å². The number of ether oxygens (including phenoxy) is 6. The summed E-state index contributed by atoms with van der Waals surface area (Å²) in [4.78, 5) is 188. The second-order valence-electron chi connectivity index (χ2n) is 49.8. The van der Waals surface area contributed by atoms with Crippen LogP contribution >= 0.6 is 0 Å². The molecule has 5 aliphatic heterocycles. The Kier molecular flexibility index (Phi) is 36.5. The minimum absolute atomic E-state index is 0.0110. The number of carbonyl (C=O) groups is 13. The molecule has 0 spiro atoms. The molecule has 15 amide bonds. The third-order valence-corrected chi connectivity index (χ3v) is 37.8. The lowest BCUT2D eigenvalue weighted by Gasteiger charge is -2.63. The maximum absolute atomic E-state index is 13.4. The third-order valence-electron chi connectivity index (χ3n) is 26.6. The van der Waals surface area contributed by atoms with Crippen LogP contribution in [0, 0.1) is 23.7 Å². The molecule has 9 heterocycles. The van der Waals surface area contributed by atoms with Gasteiger partial charge in [0.25, 0.3) is 0 Å². The molecule has 4 unspecified atom stereocenters. The van der Waals surface area contributed by atoms with Crippen LogP contribution in [0.3, 0.4) is 0 Å². The average Bonchev–Trinajstić information content (AvgIpc) is 0.731. The molecule has 6 atom stereocenters. The predicted octanol–water partition coefficient (Wildman–Crippen LogP) is 22.3. The summed E-state index contributed by atoms with van der Waals surface area (Å²) >= 11 is 0. The van der Waals surface area contributed by atoms with Crippen molar-refractivity contribution in [1.29, 1.82) is 0 Å². The Morgan fingerprint density at radius 3 is 0.876 bits per heavy atom.